The Bertz CT molecular complexity index is 567. The van der Waals surface area contributed by atoms with Crippen molar-refractivity contribution < 1.29 is 13.2 Å². The minimum atomic E-state index is -4.25. The minimum Gasteiger partial charge on any atom is -0.368 e. The third kappa shape index (κ3) is 3.52. The molecule has 0 amide bonds. The van der Waals surface area contributed by atoms with Crippen LogP contribution < -0.4 is 10.6 Å². The number of anilines is 2. The van der Waals surface area contributed by atoms with Crippen molar-refractivity contribution in [3.63, 3.8) is 0 Å². The van der Waals surface area contributed by atoms with Crippen LogP contribution in [0.1, 0.15) is 6.42 Å². The molecular weight excluding hydrogens is 277 g/mol. The standard InChI is InChI=1S/C9H11F3N8/c1-19(3-2-9(10,11)12)7-16-6(13)17-8(18-7)20-5-14-4-15-20/h4-5H,2-3H2,1H3,(H2,13,16,17,18). The third-order valence-corrected chi connectivity index (χ3v) is 2.32. The number of hydrogen-bond acceptors (Lipinski definition) is 7. The molecule has 0 aliphatic rings. The maximum atomic E-state index is 12.2. The van der Waals surface area contributed by atoms with Crippen molar-refractivity contribution in [2.24, 2.45) is 0 Å². The van der Waals surface area contributed by atoms with E-state index in [1.165, 1.54) is 29.3 Å². The van der Waals surface area contributed by atoms with E-state index in [1.807, 2.05) is 0 Å². The van der Waals surface area contributed by atoms with Crippen molar-refractivity contribution in [2.45, 2.75) is 12.6 Å². The molecule has 20 heavy (non-hydrogen) atoms. The van der Waals surface area contributed by atoms with Gasteiger partial charge >= 0.3 is 6.18 Å². The van der Waals surface area contributed by atoms with Gasteiger partial charge in [0.2, 0.25) is 11.9 Å². The van der Waals surface area contributed by atoms with E-state index in [0.717, 1.165) is 0 Å². The molecule has 0 atom stereocenters. The summed E-state index contributed by atoms with van der Waals surface area (Å²) >= 11 is 0. The molecule has 0 aliphatic heterocycles. The van der Waals surface area contributed by atoms with Gasteiger partial charge in [-0.3, -0.25) is 0 Å². The Morgan fingerprint density at radius 2 is 2.05 bits per heavy atom. The molecular formula is C9H11F3N8. The summed E-state index contributed by atoms with van der Waals surface area (Å²) in [5.74, 6) is 0.00969. The van der Waals surface area contributed by atoms with E-state index in [9.17, 15) is 13.2 Å². The number of hydrogen-bond donors (Lipinski definition) is 1. The second-order valence-corrected chi connectivity index (χ2v) is 3.92. The molecule has 2 rings (SSSR count). The maximum absolute atomic E-state index is 12.2. The highest BCUT2D eigenvalue weighted by molar-refractivity contribution is 5.36. The lowest BCUT2D eigenvalue weighted by Crippen LogP contribution is -2.26. The molecule has 0 fully saturated rings. The quantitative estimate of drug-likeness (QED) is 0.870. The Labute approximate surface area is 111 Å². The molecule has 0 aliphatic carbocycles. The van der Waals surface area contributed by atoms with Crippen LogP contribution in [-0.2, 0) is 0 Å². The van der Waals surface area contributed by atoms with Crippen molar-refractivity contribution in [1.29, 1.82) is 0 Å². The van der Waals surface area contributed by atoms with E-state index >= 15 is 0 Å². The predicted molar refractivity (Wildman–Crippen MR) is 63.1 cm³/mol. The van der Waals surface area contributed by atoms with Crippen molar-refractivity contribution in [2.75, 3.05) is 24.2 Å². The van der Waals surface area contributed by atoms with E-state index in [0.29, 0.717) is 0 Å². The SMILES string of the molecule is CN(CCC(F)(F)F)c1nc(N)nc(-n2cncn2)n1. The normalized spacial score (nSPS) is 11.6. The van der Waals surface area contributed by atoms with Gasteiger partial charge in [-0.1, -0.05) is 0 Å². The molecule has 0 saturated heterocycles. The largest absolute Gasteiger partial charge is 0.390 e. The van der Waals surface area contributed by atoms with E-state index < -0.39 is 12.6 Å². The Morgan fingerprint density at radius 3 is 2.65 bits per heavy atom. The smallest absolute Gasteiger partial charge is 0.368 e. The second-order valence-electron chi connectivity index (χ2n) is 3.92. The van der Waals surface area contributed by atoms with Crippen LogP contribution in [0.5, 0.6) is 0 Å². The molecule has 8 nitrogen and oxygen atoms in total. The highest BCUT2D eigenvalue weighted by Crippen LogP contribution is 2.20. The Hall–Kier alpha value is -2.46. The zero-order valence-electron chi connectivity index (χ0n) is 10.4. The number of nitrogen functional groups attached to an aromatic ring is 1. The lowest BCUT2D eigenvalue weighted by atomic mass is 10.4. The van der Waals surface area contributed by atoms with Crippen LogP contribution in [0.2, 0.25) is 0 Å². The lowest BCUT2D eigenvalue weighted by Gasteiger charge is -2.18. The fourth-order valence-electron chi connectivity index (χ4n) is 1.35. The first-order valence-electron chi connectivity index (χ1n) is 5.49. The number of nitrogens with two attached hydrogens (primary N) is 1. The molecule has 2 aromatic heterocycles. The van der Waals surface area contributed by atoms with Crippen molar-refractivity contribution >= 4 is 11.9 Å². The van der Waals surface area contributed by atoms with Crippen LogP contribution in [0, 0.1) is 0 Å². The van der Waals surface area contributed by atoms with Crippen molar-refractivity contribution in [3.05, 3.63) is 12.7 Å². The number of halogens is 3. The second kappa shape index (κ2) is 5.27. The average molecular weight is 288 g/mol. The Balaban J connectivity index is 2.20. The van der Waals surface area contributed by atoms with E-state index in [1.54, 1.807) is 0 Å². The summed E-state index contributed by atoms with van der Waals surface area (Å²) in [5.41, 5.74) is 5.51. The zero-order valence-corrected chi connectivity index (χ0v) is 10.4. The van der Waals surface area contributed by atoms with Crippen LogP contribution in [0.3, 0.4) is 0 Å². The third-order valence-electron chi connectivity index (χ3n) is 2.32. The first kappa shape index (κ1) is 14.0. The molecule has 0 saturated carbocycles. The van der Waals surface area contributed by atoms with Gasteiger partial charge in [-0.2, -0.15) is 37.9 Å². The van der Waals surface area contributed by atoms with E-state index in [2.05, 4.69) is 25.0 Å². The topological polar surface area (TPSA) is 98.6 Å². The predicted octanol–water partition coefficient (Wildman–Crippen LogP) is 0.423. The van der Waals surface area contributed by atoms with Gasteiger partial charge in [0.25, 0.3) is 5.95 Å². The highest BCUT2D eigenvalue weighted by atomic mass is 19.4. The average Bonchev–Trinajstić information content (AvgIpc) is 2.88. The van der Waals surface area contributed by atoms with Crippen molar-refractivity contribution in [1.82, 2.24) is 29.7 Å². The molecule has 2 heterocycles. The van der Waals surface area contributed by atoms with Gasteiger partial charge in [-0.15, -0.1) is 0 Å². The molecule has 0 radical (unpaired) electrons. The summed E-state index contributed by atoms with van der Waals surface area (Å²) in [6.45, 7) is -0.288. The van der Waals surface area contributed by atoms with Gasteiger partial charge in [0.05, 0.1) is 6.42 Å². The zero-order chi connectivity index (χ0) is 14.8. The molecule has 2 N–H and O–H groups in total. The number of rotatable bonds is 4. The summed E-state index contributed by atoms with van der Waals surface area (Å²) < 4.78 is 37.8. The first-order valence-corrected chi connectivity index (χ1v) is 5.49. The Morgan fingerprint density at radius 1 is 1.30 bits per heavy atom. The van der Waals surface area contributed by atoms with Gasteiger partial charge in [-0.05, 0) is 0 Å². The summed E-state index contributed by atoms with van der Waals surface area (Å²) in [4.78, 5) is 16.6. The van der Waals surface area contributed by atoms with Gasteiger partial charge < -0.3 is 10.6 Å². The summed E-state index contributed by atoms with van der Waals surface area (Å²) in [5, 5.41) is 3.81. The maximum Gasteiger partial charge on any atom is 0.390 e. The van der Waals surface area contributed by atoms with Crippen molar-refractivity contribution in [3.8, 4) is 5.95 Å². The molecule has 11 heteroatoms. The number of nitrogens with zero attached hydrogens (tertiary/aromatic N) is 7. The fraction of sp³-hybridized carbons (Fsp3) is 0.444. The summed E-state index contributed by atoms with van der Waals surface area (Å²) in [7, 11) is 1.44. The molecule has 2 aromatic rings. The Kier molecular flexibility index (Phi) is 3.68. The monoisotopic (exact) mass is 288 g/mol. The molecule has 0 aromatic carbocycles. The minimum absolute atomic E-state index is 0.0345. The number of alkyl halides is 3. The van der Waals surface area contributed by atoms with Gasteiger partial charge in [-0.25, -0.2) is 4.98 Å². The highest BCUT2D eigenvalue weighted by Gasteiger charge is 2.27. The molecule has 0 bridgehead atoms. The van der Waals surface area contributed by atoms with Gasteiger partial charge in [0.1, 0.15) is 12.7 Å². The lowest BCUT2D eigenvalue weighted by molar-refractivity contribution is -0.132. The van der Waals surface area contributed by atoms with Crippen LogP contribution in [0.25, 0.3) is 5.95 Å². The summed E-state index contributed by atoms with van der Waals surface area (Å²) in [6.07, 6.45) is -2.61. The van der Waals surface area contributed by atoms with E-state index in [4.69, 9.17) is 5.73 Å². The molecule has 0 spiro atoms. The van der Waals surface area contributed by atoms with Crippen LogP contribution in [0.4, 0.5) is 25.1 Å². The molecule has 108 valence electrons. The van der Waals surface area contributed by atoms with E-state index in [-0.39, 0.29) is 24.4 Å². The number of aromatic nitrogens is 6. The molecule has 0 unspecified atom stereocenters. The van der Waals surface area contributed by atoms with Crippen LogP contribution in [-0.4, -0.2) is 49.5 Å². The fourth-order valence-corrected chi connectivity index (χ4v) is 1.35. The van der Waals surface area contributed by atoms with Gasteiger partial charge in [0, 0.05) is 13.6 Å². The van der Waals surface area contributed by atoms with Crippen LogP contribution >= 0.6 is 0 Å². The van der Waals surface area contributed by atoms with Crippen LogP contribution in [0.15, 0.2) is 12.7 Å². The first-order chi connectivity index (χ1) is 9.35. The summed E-state index contributed by atoms with van der Waals surface area (Å²) in [6, 6.07) is 0. The van der Waals surface area contributed by atoms with Gasteiger partial charge in [0.15, 0.2) is 0 Å².